The molecule has 0 bridgehead atoms. The number of aldehydes is 1. The van der Waals surface area contributed by atoms with Gasteiger partial charge >= 0.3 is 5.63 Å². The van der Waals surface area contributed by atoms with Gasteiger partial charge in [0.15, 0.2) is 5.82 Å². The molecule has 1 aliphatic heterocycles. The Kier molecular flexibility index (Phi) is 6.69. The summed E-state index contributed by atoms with van der Waals surface area (Å²) in [6, 6.07) is 9.42. The van der Waals surface area contributed by atoms with Crippen LogP contribution in [0.4, 0.5) is 10.1 Å². The number of anilines is 1. The number of rotatable bonds is 9. The van der Waals surface area contributed by atoms with Crippen molar-refractivity contribution in [2.75, 3.05) is 32.0 Å². The van der Waals surface area contributed by atoms with E-state index in [1.54, 1.807) is 18.2 Å². The van der Waals surface area contributed by atoms with Crippen LogP contribution in [-0.4, -0.2) is 46.9 Å². The summed E-state index contributed by atoms with van der Waals surface area (Å²) in [5.74, 6) is -0.314. The lowest BCUT2D eigenvalue weighted by Gasteiger charge is -2.36. The van der Waals surface area contributed by atoms with E-state index >= 15 is 4.39 Å². The Morgan fingerprint density at radius 2 is 2.00 bits per heavy atom. The van der Waals surface area contributed by atoms with E-state index in [-0.39, 0.29) is 29.2 Å². The van der Waals surface area contributed by atoms with Gasteiger partial charge in [-0.15, -0.1) is 0 Å². The molecule has 2 heterocycles. The van der Waals surface area contributed by atoms with Crippen LogP contribution in [-0.2, 0) is 28.0 Å². The first-order chi connectivity index (χ1) is 16.2. The fraction of sp³-hybridized carbons (Fsp3) is 0.304. The van der Waals surface area contributed by atoms with Crippen molar-refractivity contribution in [1.29, 1.82) is 0 Å². The number of nitrogens with one attached hydrogen (secondary N) is 2. The molecule has 1 saturated heterocycles. The first-order valence-corrected chi connectivity index (χ1v) is 12.0. The summed E-state index contributed by atoms with van der Waals surface area (Å²) in [7, 11) is -1.21. The molecular formula is C23H24FN3O6S. The van der Waals surface area contributed by atoms with Crippen molar-refractivity contribution in [3.05, 3.63) is 69.3 Å². The predicted octanol–water partition coefficient (Wildman–Crippen LogP) is 2.04. The van der Waals surface area contributed by atoms with Gasteiger partial charge in [0.1, 0.15) is 17.6 Å². The quantitative estimate of drug-likeness (QED) is 0.349. The Hall–Kier alpha value is -3.28. The average molecular weight is 490 g/mol. The second-order valence-corrected chi connectivity index (χ2v) is 9.68. The van der Waals surface area contributed by atoms with E-state index in [2.05, 4.69) is 9.44 Å². The Bertz CT molecular complexity index is 1400. The predicted molar refractivity (Wildman–Crippen MR) is 125 cm³/mol. The van der Waals surface area contributed by atoms with E-state index in [0.29, 0.717) is 41.9 Å². The molecule has 0 unspecified atom stereocenters. The molecule has 180 valence electrons. The van der Waals surface area contributed by atoms with Crippen LogP contribution in [0.25, 0.3) is 11.0 Å². The summed E-state index contributed by atoms with van der Waals surface area (Å²) in [5, 5.41) is 0.678. The monoisotopic (exact) mass is 489 g/mol. The summed E-state index contributed by atoms with van der Waals surface area (Å²) in [5.41, 5.74) is 0.543. The van der Waals surface area contributed by atoms with E-state index in [4.69, 9.17) is 9.15 Å². The molecular weight excluding hydrogens is 465 g/mol. The van der Waals surface area contributed by atoms with Crippen LogP contribution in [0.5, 0.6) is 5.75 Å². The molecule has 3 aromatic rings. The summed E-state index contributed by atoms with van der Waals surface area (Å²) >= 11 is 0. The molecule has 11 heteroatoms. The zero-order chi connectivity index (χ0) is 24.5. The number of benzene rings is 2. The minimum atomic E-state index is -3.92. The van der Waals surface area contributed by atoms with E-state index in [1.807, 2.05) is 4.90 Å². The lowest BCUT2D eigenvalue weighted by molar-refractivity contribution is -0.115. The Balaban J connectivity index is 1.78. The Morgan fingerprint density at radius 3 is 2.68 bits per heavy atom. The van der Waals surface area contributed by atoms with Gasteiger partial charge in [0, 0.05) is 56.0 Å². The molecule has 4 rings (SSSR count). The van der Waals surface area contributed by atoms with Crippen LogP contribution >= 0.6 is 0 Å². The van der Waals surface area contributed by atoms with Gasteiger partial charge in [-0.3, -0.25) is 9.62 Å². The summed E-state index contributed by atoms with van der Waals surface area (Å²) in [4.78, 5) is 26.1. The number of halogens is 1. The van der Waals surface area contributed by atoms with Crippen molar-refractivity contribution in [2.24, 2.45) is 5.92 Å². The third-order valence-electron chi connectivity index (χ3n) is 5.85. The molecule has 2 N–H and O–H groups in total. The van der Waals surface area contributed by atoms with Crippen molar-refractivity contribution in [2.45, 2.75) is 13.0 Å². The molecule has 34 heavy (non-hydrogen) atoms. The van der Waals surface area contributed by atoms with Crippen molar-refractivity contribution in [3.63, 3.8) is 0 Å². The number of nitrogens with zero attached hydrogens (tertiary/aromatic N) is 1. The minimum absolute atomic E-state index is 0.0516. The van der Waals surface area contributed by atoms with Crippen LogP contribution < -0.4 is 19.8 Å². The maximum Gasteiger partial charge on any atom is 0.340 e. The number of methoxy groups -OCH3 is 1. The second-order valence-electron chi connectivity index (χ2n) is 8.06. The molecule has 0 saturated carbocycles. The SMILES string of the molecule is CNS(=O)(=O)Nc1cccc(Cc2c(CN3CC(C=O)C3)c3ccc(OC)cc3oc2=O)c1F. The normalized spacial score (nSPS) is 14.7. The van der Waals surface area contributed by atoms with Crippen molar-refractivity contribution < 1.29 is 26.8 Å². The van der Waals surface area contributed by atoms with Crippen LogP contribution in [0.1, 0.15) is 16.7 Å². The molecule has 0 atom stereocenters. The average Bonchev–Trinajstić information content (AvgIpc) is 2.79. The summed E-state index contributed by atoms with van der Waals surface area (Å²) in [6.45, 7) is 1.51. The Labute approximate surface area is 195 Å². The van der Waals surface area contributed by atoms with Crippen LogP contribution in [0.15, 0.2) is 45.6 Å². The van der Waals surface area contributed by atoms with Gasteiger partial charge in [-0.1, -0.05) is 12.1 Å². The maximum absolute atomic E-state index is 15.2. The van der Waals surface area contributed by atoms with Gasteiger partial charge in [0.05, 0.1) is 12.8 Å². The standard InChI is InChI=1S/C23H24FN3O6S/c1-25-34(30,31)26-20-5-3-4-15(22(20)24)8-18-19(12-27-10-14(11-27)13-28)17-7-6-16(32-2)9-21(17)33-23(18)29/h3-7,9,13-14,25-26H,8,10-12H2,1-2H3. The Morgan fingerprint density at radius 1 is 1.24 bits per heavy atom. The molecule has 1 aliphatic rings. The number of ether oxygens (including phenoxy) is 1. The highest BCUT2D eigenvalue weighted by Crippen LogP contribution is 2.30. The summed E-state index contributed by atoms with van der Waals surface area (Å²) in [6.07, 6.45) is 0.804. The van der Waals surface area contributed by atoms with E-state index in [9.17, 15) is 18.0 Å². The number of likely N-dealkylation sites (tertiary alicyclic amines) is 1. The molecule has 2 aromatic carbocycles. The van der Waals surface area contributed by atoms with E-state index < -0.39 is 21.7 Å². The maximum atomic E-state index is 15.2. The number of fused-ring (bicyclic) bond motifs is 1. The lowest BCUT2D eigenvalue weighted by Crippen LogP contribution is -2.46. The third-order valence-corrected chi connectivity index (χ3v) is 6.87. The third kappa shape index (κ3) is 4.81. The molecule has 0 spiro atoms. The smallest absolute Gasteiger partial charge is 0.340 e. The van der Waals surface area contributed by atoms with Gasteiger partial charge in [-0.2, -0.15) is 8.42 Å². The first-order valence-electron chi connectivity index (χ1n) is 10.5. The lowest BCUT2D eigenvalue weighted by atomic mass is 9.95. The molecule has 0 aliphatic carbocycles. The molecule has 9 nitrogen and oxygen atoms in total. The van der Waals surface area contributed by atoms with Gasteiger partial charge < -0.3 is 13.9 Å². The van der Waals surface area contributed by atoms with Gasteiger partial charge in [0.25, 0.3) is 10.2 Å². The van der Waals surface area contributed by atoms with Crippen molar-refractivity contribution >= 4 is 33.2 Å². The molecule has 1 fully saturated rings. The van der Waals surface area contributed by atoms with Crippen LogP contribution in [0.2, 0.25) is 0 Å². The van der Waals surface area contributed by atoms with Crippen molar-refractivity contribution in [3.8, 4) is 5.75 Å². The highest BCUT2D eigenvalue weighted by atomic mass is 32.2. The zero-order valence-electron chi connectivity index (χ0n) is 18.6. The largest absolute Gasteiger partial charge is 0.497 e. The van der Waals surface area contributed by atoms with E-state index in [0.717, 1.165) is 6.29 Å². The molecule has 1 aromatic heterocycles. The first kappa shape index (κ1) is 23.9. The zero-order valence-corrected chi connectivity index (χ0v) is 19.4. The van der Waals surface area contributed by atoms with Crippen molar-refractivity contribution in [1.82, 2.24) is 9.62 Å². The second kappa shape index (κ2) is 9.53. The topological polar surface area (TPSA) is 118 Å². The fourth-order valence-electron chi connectivity index (χ4n) is 4.00. The molecule has 0 radical (unpaired) electrons. The van der Waals surface area contributed by atoms with Crippen LogP contribution in [0, 0.1) is 11.7 Å². The van der Waals surface area contributed by atoms with Crippen LogP contribution in [0.3, 0.4) is 0 Å². The summed E-state index contributed by atoms with van der Waals surface area (Å²) < 4.78 is 53.8. The number of hydrogen-bond acceptors (Lipinski definition) is 7. The number of hydrogen-bond donors (Lipinski definition) is 2. The van der Waals surface area contributed by atoms with Gasteiger partial charge in [0.2, 0.25) is 0 Å². The van der Waals surface area contributed by atoms with Gasteiger partial charge in [-0.25, -0.2) is 13.9 Å². The minimum Gasteiger partial charge on any atom is -0.497 e. The highest BCUT2D eigenvalue weighted by Gasteiger charge is 2.28. The van der Waals surface area contributed by atoms with Gasteiger partial charge in [-0.05, 0) is 29.3 Å². The fourth-order valence-corrected chi connectivity index (χ4v) is 4.55. The molecule has 0 amide bonds. The highest BCUT2D eigenvalue weighted by molar-refractivity contribution is 7.90. The number of carbonyl (C=O) groups excluding carboxylic acids is 1. The number of carbonyl (C=O) groups is 1. The van der Waals surface area contributed by atoms with E-state index in [1.165, 1.54) is 32.4 Å².